The summed E-state index contributed by atoms with van der Waals surface area (Å²) in [5.74, 6) is 1.54. The van der Waals surface area contributed by atoms with Crippen molar-refractivity contribution in [1.82, 2.24) is 19.8 Å². The van der Waals surface area contributed by atoms with Crippen LogP contribution in [0.5, 0.6) is 11.5 Å². The quantitative estimate of drug-likeness (QED) is 0.544. The third-order valence-electron chi connectivity index (χ3n) is 5.90. The highest BCUT2D eigenvalue weighted by Gasteiger charge is 2.35. The number of aryl methyl sites for hydroxylation is 2. The van der Waals surface area contributed by atoms with Crippen LogP contribution in [0.1, 0.15) is 29.2 Å². The summed E-state index contributed by atoms with van der Waals surface area (Å²) in [4.78, 5) is 18.5. The number of aromatic nitrogens is 2. The molecule has 3 aromatic rings. The Morgan fingerprint density at radius 1 is 1.24 bits per heavy atom. The molecule has 0 unspecified atom stereocenters. The normalized spacial score (nSPS) is 18.2. The van der Waals surface area contributed by atoms with Gasteiger partial charge in [0.05, 0.1) is 15.7 Å². The topological polar surface area (TPSA) is 124 Å². The van der Waals surface area contributed by atoms with E-state index in [2.05, 4.69) is 15.5 Å². The lowest BCUT2D eigenvalue weighted by molar-refractivity contribution is -0.126. The Bertz CT molecular complexity index is 1330. The number of ether oxygens (including phenoxy) is 2. The van der Waals surface area contributed by atoms with Crippen LogP contribution >= 0.6 is 11.3 Å². The molecular weight excluding hydrogens is 480 g/mol. The predicted molar refractivity (Wildman–Crippen MR) is 123 cm³/mol. The molecule has 1 saturated heterocycles. The van der Waals surface area contributed by atoms with Gasteiger partial charge in [-0.15, -0.1) is 11.3 Å². The van der Waals surface area contributed by atoms with Crippen molar-refractivity contribution in [3.8, 4) is 22.2 Å². The van der Waals surface area contributed by atoms with Gasteiger partial charge in [0.25, 0.3) is 0 Å². The minimum absolute atomic E-state index is 0.140. The fourth-order valence-corrected chi connectivity index (χ4v) is 7.14. The Morgan fingerprint density at radius 3 is 2.85 bits per heavy atom. The fraction of sp³-hybridized carbons (Fsp3) is 0.409. The zero-order valence-corrected chi connectivity index (χ0v) is 20.4. The molecule has 4 heterocycles. The molecule has 12 heteroatoms. The fourth-order valence-electron chi connectivity index (χ4n) is 4.13. The number of fused-ring (bicyclic) bond motifs is 1. The number of sulfonamides is 1. The van der Waals surface area contributed by atoms with Crippen molar-refractivity contribution in [3.05, 3.63) is 40.6 Å². The van der Waals surface area contributed by atoms with Crippen LogP contribution in [0.3, 0.4) is 0 Å². The summed E-state index contributed by atoms with van der Waals surface area (Å²) in [6, 6.07) is 7.10. The first-order chi connectivity index (χ1) is 16.3. The average Bonchev–Trinajstić information content (AvgIpc) is 3.56. The van der Waals surface area contributed by atoms with Crippen LogP contribution in [0.25, 0.3) is 10.7 Å². The maximum atomic E-state index is 13.4. The van der Waals surface area contributed by atoms with Gasteiger partial charge in [-0.25, -0.2) is 8.42 Å². The van der Waals surface area contributed by atoms with Crippen LogP contribution in [-0.4, -0.2) is 48.7 Å². The molecule has 2 aromatic heterocycles. The second kappa shape index (κ2) is 9.01. The van der Waals surface area contributed by atoms with Crippen LogP contribution in [0.15, 0.2) is 33.7 Å². The van der Waals surface area contributed by atoms with Crippen LogP contribution in [0.2, 0.25) is 0 Å². The van der Waals surface area contributed by atoms with Gasteiger partial charge < -0.3 is 19.3 Å². The molecule has 34 heavy (non-hydrogen) atoms. The SMILES string of the molecule is Cc1nc(-c2cc(S(=O)(=O)N3CCC[C@@H](C(=O)NCc4ccc5c(c4)OCO5)C3)c(C)s2)no1. The van der Waals surface area contributed by atoms with Crippen molar-refractivity contribution in [2.45, 2.75) is 38.1 Å². The molecule has 1 N–H and O–H groups in total. The number of thiophene rings is 1. The number of benzene rings is 1. The third-order valence-corrected chi connectivity index (χ3v) is 9.06. The van der Waals surface area contributed by atoms with Crippen LogP contribution in [0, 0.1) is 19.8 Å². The lowest BCUT2D eigenvalue weighted by atomic mass is 9.98. The highest BCUT2D eigenvalue weighted by molar-refractivity contribution is 7.89. The Hall–Kier alpha value is -2.96. The largest absolute Gasteiger partial charge is 0.454 e. The van der Waals surface area contributed by atoms with E-state index < -0.39 is 15.9 Å². The van der Waals surface area contributed by atoms with Gasteiger partial charge in [-0.1, -0.05) is 11.2 Å². The molecule has 0 aliphatic carbocycles. The first-order valence-electron chi connectivity index (χ1n) is 10.9. The molecule has 1 amide bonds. The van der Waals surface area contributed by atoms with Gasteiger partial charge >= 0.3 is 0 Å². The number of carbonyl (C=O) groups excluding carboxylic acids is 1. The molecule has 2 aliphatic rings. The summed E-state index contributed by atoms with van der Waals surface area (Å²) in [6.45, 7) is 4.47. The molecule has 1 fully saturated rings. The standard InChI is InChI=1S/C22H24N4O6S2/c1-13-20(9-19(33-13)21-24-14(2)32-25-21)34(28,29)26-7-3-4-16(11-26)22(27)23-10-15-5-6-17-18(8-15)31-12-30-17/h5-6,8-9,16H,3-4,7,10-12H2,1-2H3,(H,23,27)/t16-/m1/s1. The maximum absolute atomic E-state index is 13.4. The van der Waals surface area contributed by atoms with E-state index in [0.29, 0.717) is 58.9 Å². The van der Waals surface area contributed by atoms with Gasteiger partial charge in [0.15, 0.2) is 11.5 Å². The number of nitrogens with zero attached hydrogens (tertiary/aromatic N) is 3. The zero-order valence-electron chi connectivity index (χ0n) is 18.7. The molecule has 1 atom stereocenters. The van der Waals surface area contributed by atoms with E-state index >= 15 is 0 Å². The van der Waals surface area contributed by atoms with E-state index in [1.165, 1.54) is 15.6 Å². The molecule has 2 aliphatic heterocycles. The van der Waals surface area contributed by atoms with Gasteiger partial charge in [0.1, 0.15) is 0 Å². The molecule has 0 radical (unpaired) electrons. The van der Waals surface area contributed by atoms with Crippen molar-refractivity contribution >= 4 is 27.3 Å². The summed E-state index contributed by atoms with van der Waals surface area (Å²) in [6.07, 6.45) is 1.25. The first-order valence-corrected chi connectivity index (χ1v) is 13.1. The molecule has 0 saturated carbocycles. The Balaban J connectivity index is 1.26. The van der Waals surface area contributed by atoms with Gasteiger partial charge in [-0.2, -0.15) is 9.29 Å². The number of nitrogens with one attached hydrogen (secondary N) is 1. The Labute approximate surface area is 200 Å². The average molecular weight is 505 g/mol. The van der Waals surface area contributed by atoms with Gasteiger partial charge in [0, 0.05) is 31.4 Å². The number of piperidine rings is 1. The van der Waals surface area contributed by atoms with Crippen molar-refractivity contribution in [2.75, 3.05) is 19.9 Å². The number of carbonyl (C=O) groups is 1. The lowest BCUT2D eigenvalue weighted by Crippen LogP contribution is -2.45. The molecule has 180 valence electrons. The summed E-state index contributed by atoms with van der Waals surface area (Å²) in [5.41, 5.74) is 0.885. The van der Waals surface area contributed by atoms with Crippen molar-refractivity contribution in [1.29, 1.82) is 0 Å². The van der Waals surface area contributed by atoms with Gasteiger partial charge in [-0.05, 0) is 43.5 Å². The van der Waals surface area contributed by atoms with E-state index in [0.717, 1.165) is 5.56 Å². The number of amides is 1. The molecule has 10 nitrogen and oxygen atoms in total. The van der Waals surface area contributed by atoms with Gasteiger partial charge in [0.2, 0.25) is 34.4 Å². The summed E-state index contributed by atoms with van der Waals surface area (Å²) >= 11 is 1.30. The minimum atomic E-state index is -3.77. The van der Waals surface area contributed by atoms with E-state index in [1.54, 1.807) is 19.9 Å². The molecule has 0 bridgehead atoms. The predicted octanol–water partition coefficient (Wildman–Crippen LogP) is 2.86. The van der Waals surface area contributed by atoms with E-state index in [4.69, 9.17) is 14.0 Å². The molecule has 0 spiro atoms. The molecule has 1 aromatic carbocycles. The second-order valence-corrected chi connectivity index (χ2v) is 11.4. The van der Waals surface area contributed by atoms with Crippen molar-refractivity contribution in [2.24, 2.45) is 5.92 Å². The maximum Gasteiger partial charge on any atom is 0.244 e. The van der Waals surface area contributed by atoms with E-state index in [1.807, 2.05) is 18.2 Å². The zero-order chi connectivity index (χ0) is 23.9. The van der Waals surface area contributed by atoms with Crippen LogP contribution < -0.4 is 14.8 Å². The first kappa shape index (κ1) is 22.8. The monoisotopic (exact) mass is 504 g/mol. The highest BCUT2D eigenvalue weighted by Crippen LogP contribution is 2.35. The number of rotatable bonds is 6. The summed E-state index contributed by atoms with van der Waals surface area (Å²) in [7, 11) is -3.77. The summed E-state index contributed by atoms with van der Waals surface area (Å²) < 4.78 is 44.0. The van der Waals surface area contributed by atoms with Crippen molar-refractivity contribution in [3.63, 3.8) is 0 Å². The van der Waals surface area contributed by atoms with Crippen LogP contribution in [0.4, 0.5) is 0 Å². The highest BCUT2D eigenvalue weighted by atomic mass is 32.2. The van der Waals surface area contributed by atoms with Crippen LogP contribution in [-0.2, 0) is 21.4 Å². The second-order valence-electron chi connectivity index (χ2n) is 8.28. The van der Waals surface area contributed by atoms with E-state index in [9.17, 15) is 13.2 Å². The Kier molecular flexibility index (Phi) is 6.04. The van der Waals surface area contributed by atoms with E-state index in [-0.39, 0.29) is 24.1 Å². The molecule has 5 rings (SSSR count). The number of hydrogen-bond acceptors (Lipinski definition) is 9. The van der Waals surface area contributed by atoms with Gasteiger partial charge in [-0.3, -0.25) is 4.79 Å². The smallest absolute Gasteiger partial charge is 0.244 e. The third kappa shape index (κ3) is 4.40. The lowest BCUT2D eigenvalue weighted by Gasteiger charge is -2.31. The minimum Gasteiger partial charge on any atom is -0.454 e. The van der Waals surface area contributed by atoms with Crippen molar-refractivity contribution < 1.29 is 27.2 Å². The summed E-state index contributed by atoms with van der Waals surface area (Å²) in [5, 5.41) is 6.81. The Morgan fingerprint density at radius 2 is 2.06 bits per heavy atom. The number of hydrogen-bond donors (Lipinski definition) is 1. The molecular formula is C22H24N4O6S2.